The topological polar surface area (TPSA) is 195 Å². The first-order valence-electron chi connectivity index (χ1n) is 13.1. The molecule has 0 aliphatic carbocycles. The Morgan fingerprint density at radius 2 is 1.70 bits per heavy atom. The number of aliphatic hydroxyl groups is 1. The molecule has 0 radical (unpaired) electrons. The van der Waals surface area contributed by atoms with Crippen molar-refractivity contribution in [3.05, 3.63) is 83.7 Å². The molecule has 0 spiro atoms. The van der Waals surface area contributed by atoms with E-state index < -0.39 is 46.6 Å². The molecule has 4 N–H and O–H groups in total. The van der Waals surface area contributed by atoms with Crippen molar-refractivity contribution >= 4 is 96.0 Å². The molecule has 13 nitrogen and oxygen atoms in total. The van der Waals surface area contributed by atoms with E-state index in [0.717, 1.165) is 37.5 Å². The fourth-order valence-corrected chi connectivity index (χ4v) is 9.14. The maximum Gasteiger partial charge on any atom is 0.323 e. The van der Waals surface area contributed by atoms with Crippen LogP contribution in [0.2, 0.25) is 0 Å². The molecule has 2 aliphatic heterocycles. The fourth-order valence-electron chi connectivity index (χ4n) is 4.76. The van der Waals surface area contributed by atoms with Gasteiger partial charge in [-0.1, -0.05) is 60.0 Å². The van der Waals surface area contributed by atoms with E-state index in [2.05, 4.69) is 0 Å². The number of thiocarbonyl (C=S) groups is 1. The van der Waals surface area contributed by atoms with Crippen LogP contribution in [0.4, 0.5) is 5.69 Å². The number of rotatable bonds is 9. The number of aromatic nitrogens is 1. The van der Waals surface area contributed by atoms with Gasteiger partial charge in [0.1, 0.15) is 27.0 Å². The molecule has 2 aliphatic rings. The number of carbonyl (C=O) groups excluding carboxylic acids is 1. The van der Waals surface area contributed by atoms with Gasteiger partial charge in [-0.3, -0.25) is 33.2 Å². The molecule has 3 aromatic rings. The van der Waals surface area contributed by atoms with Crippen molar-refractivity contribution in [3.8, 4) is 0 Å². The highest BCUT2D eigenvalue weighted by Crippen LogP contribution is 2.48. The summed E-state index contributed by atoms with van der Waals surface area (Å²) in [4.78, 5) is 52.7. The molecule has 5 rings (SSSR count). The van der Waals surface area contributed by atoms with Crippen molar-refractivity contribution in [2.24, 2.45) is 0 Å². The van der Waals surface area contributed by atoms with E-state index in [0.29, 0.717) is 21.9 Å². The Bertz CT molecular complexity index is 2150. The summed E-state index contributed by atoms with van der Waals surface area (Å²) in [5.41, 5.74) is 1.37. The van der Waals surface area contributed by atoms with Crippen LogP contribution in [0, 0.1) is 0 Å². The second-order valence-corrected chi connectivity index (χ2v) is 15.0. The van der Waals surface area contributed by atoms with Gasteiger partial charge in [0.2, 0.25) is 0 Å². The summed E-state index contributed by atoms with van der Waals surface area (Å²) in [7, 11) is -4.56. The van der Waals surface area contributed by atoms with E-state index in [-0.39, 0.29) is 42.0 Å². The van der Waals surface area contributed by atoms with Gasteiger partial charge in [-0.2, -0.15) is 8.42 Å². The molecule has 46 heavy (non-hydrogen) atoms. The van der Waals surface area contributed by atoms with E-state index in [9.17, 15) is 47.5 Å². The molecule has 1 fully saturated rings. The van der Waals surface area contributed by atoms with Crippen molar-refractivity contribution in [3.63, 3.8) is 0 Å². The lowest BCUT2D eigenvalue weighted by Crippen LogP contribution is -2.36. The van der Waals surface area contributed by atoms with Gasteiger partial charge in [-0.05, 0) is 47.9 Å². The van der Waals surface area contributed by atoms with Crippen molar-refractivity contribution in [1.29, 1.82) is 0 Å². The number of benzene rings is 2. The summed E-state index contributed by atoms with van der Waals surface area (Å²) < 4.78 is 35.1. The van der Waals surface area contributed by atoms with Crippen LogP contribution in [-0.4, -0.2) is 66.5 Å². The Balaban J connectivity index is 1.69. The third-order valence-corrected chi connectivity index (χ3v) is 11.7. The Hall–Kier alpha value is -3.78. The zero-order valence-corrected chi connectivity index (χ0v) is 27.7. The standard InChI is InChI=1S/C28H23N3O10S5/c1-14(8-19-24(37)30(11-21(33)34)27(44-19)23-25(38)31(12-22(35)36)28(42)45-23)26-29(17-9-15(13-32)6-7-18(17)43-26)10-16-4-2-3-5-20(16)46(39,40)41/h2-9,32H,10-13H2,1H3,(H,33,34)(H,35,36)(H,39,40,41)/b19-8?,26-14+,27-23+. The third-order valence-electron chi connectivity index (χ3n) is 6.75. The summed E-state index contributed by atoms with van der Waals surface area (Å²) in [6, 6.07) is 11.2. The van der Waals surface area contributed by atoms with Gasteiger partial charge in [-0.25, -0.2) is 0 Å². The van der Waals surface area contributed by atoms with E-state index in [1.807, 2.05) is 0 Å². The molecule has 0 bridgehead atoms. The van der Waals surface area contributed by atoms with Crippen LogP contribution in [0.25, 0.3) is 11.0 Å². The first kappa shape index (κ1) is 33.6. The quantitative estimate of drug-likeness (QED) is 0.184. The fraction of sp³-hybridized carbons (Fsp3) is 0.179. The Labute approximate surface area is 278 Å². The summed E-state index contributed by atoms with van der Waals surface area (Å²) in [6.07, 6.45) is 1.52. The summed E-state index contributed by atoms with van der Waals surface area (Å²) in [6.45, 7) is -0.0135. The average molecular weight is 722 g/mol. The van der Waals surface area contributed by atoms with Gasteiger partial charge >= 0.3 is 11.9 Å². The summed E-state index contributed by atoms with van der Waals surface area (Å²) in [5.74, 6) is -3.40. The van der Waals surface area contributed by atoms with Gasteiger partial charge in [0.25, 0.3) is 21.6 Å². The number of aliphatic carboxylic acids is 2. The predicted molar refractivity (Wildman–Crippen MR) is 176 cm³/mol. The number of fused-ring (bicyclic) bond motifs is 1. The number of anilines is 1. The highest BCUT2D eigenvalue weighted by molar-refractivity contribution is 8.30. The number of thioether (sulfide) groups is 2. The minimum Gasteiger partial charge on any atom is -0.480 e. The van der Waals surface area contributed by atoms with Gasteiger partial charge in [0.15, 0.2) is 0 Å². The van der Waals surface area contributed by atoms with E-state index >= 15 is 0 Å². The molecule has 2 aromatic carbocycles. The van der Waals surface area contributed by atoms with Gasteiger partial charge < -0.3 is 20.2 Å². The molecule has 1 saturated heterocycles. The zero-order valence-electron chi connectivity index (χ0n) is 23.6. The van der Waals surface area contributed by atoms with Gasteiger partial charge in [-0.15, -0.1) is 11.3 Å². The van der Waals surface area contributed by atoms with Crippen LogP contribution in [0.3, 0.4) is 0 Å². The number of carboxylic acids is 2. The van der Waals surface area contributed by atoms with Crippen LogP contribution < -0.4 is 19.7 Å². The minimum atomic E-state index is -4.56. The molecule has 3 heterocycles. The number of hydrogen-bond acceptors (Lipinski definition) is 12. The van der Waals surface area contributed by atoms with Crippen molar-refractivity contribution < 1.29 is 42.7 Å². The maximum atomic E-state index is 13.5. The molecule has 0 saturated carbocycles. The number of amides is 1. The van der Waals surface area contributed by atoms with Crippen molar-refractivity contribution in [2.45, 2.75) is 36.4 Å². The number of allylic oxidation sites excluding steroid dienone is 1. The predicted octanol–water partition coefficient (Wildman–Crippen LogP) is 1.61. The smallest absolute Gasteiger partial charge is 0.323 e. The second-order valence-electron chi connectivity index (χ2n) is 9.90. The number of thiazole rings is 1. The Morgan fingerprint density at radius 3 is 2.35 bits per heavy atom. The summed E-state index contributed by atoms with van der Waals surface area (Å²) >= 11 is 8.12. The van der Waals surface area contributed by atoms with Crippen LogP contribution in [0.1, 0.15) is 18.1 Å². The van der Waals surface area contributed by atoms with E-state index in [1.54, 1.807) is 42.2 Å². The molecule has 0 unspecified atom stereocenters. The minimum absolute atomic E-state index is 0.00970. The molecule has 1 amide bonds. The number of carboxylic acid groups (broad SMARTS) is 2. The van der Waals surface area contributed by atoms with Crippen LogP contribution in [-0.2, 0) is 44.2 Å². The number of hydrogen-bond donors (Lipinski definition) is 4. The Kier molecular flexibility index (Phi) is 9.60. The molecule has 0 atom stereocenters. The maximum absolute atomic E-state index is 13.5. The first-order valence-corrected chi connectivity index (χ1v) is 17.4. The number of nitrogens with zero attached hydrogens (tertiary/aromatic N) is 3. The van der Waals surface area contributed by atoms with Crippen LogP contribution in [0.15, 0.2) is 67.7 Å². The van der Waals surface area contributed by atoms with Crippen LogP contribution in [0.5, 0.6) is 0 Å². The highest BCUT2D eigenvalue weighted by Gasteiger charge is 2.35. The van der Waals surface area contributed by atoms with Crippen LogP contribution >= 0.6 is 47.1 Å². The first-order chi connectivity index (χ1) is 21.7. The van der Waals surface area contributed by atoms with Crippen molar-refractivity contribution in [1.82, 2.24) is 9.47 Å². The lowest BCUT2D eigenvalue weighted by molar-refractivity contribution is -0.140. The number of carbonyl (C=O) groups is 3. The van der Waals surface area contributed by atoms with Gasteiger partial charge in [0, 0.05) is 4.90 Å². The van der Waals surface area contributed by atoms with E-state index in [4.69, 9.17) is 12.2 Å². The molecule has 18 heteroatoms. The summed E-state index contributed by atoms with van der Waals surface area (Å²) in [5, 5.41) is 29.1. The zero-order chi connectivity index (χ0) is 33.5. The van der Waals surface area contributed by atoms with Gasteiger partial charge in [0.05, 0.1) is 33.3 Å². The molecular weight excluding hydrogens is 699 g/mol. The normalized spacial score (nSPS) is 17.6. The highest BCUT2D eigenvalue weighted by atomic mass is 32.2. The lowest BCUT2D eigenvalue weighted by Gasteiger charge is -2.23. The SMILES string of the molecule is C/C(C=c1s/c(=C2/SC(=S)N(CC(=O)O)C2=O)n(CC(=O)O)c1=O)=C1\Sc2ccc(CO)cc2N1Cc1ccccc1S(=O)(=O)O. The van der Waals surface area contributed by atoms with Crippen molar-refractivity contribution in [2.75, 3.05) is 11.4 Å². The molecular formula is C28H23N3O10S5. The average Bonchev–Trinajstić information content (AvgIpc) is 3.59. The monoisotopic (exact) mass is 721 g/mol. The Morgan fingerprint density at radius 1 is 1.00 bits per heavy atom. The van der Waals surface area contributed by atoms with E-state index in [1.165, 1.54) is 30.0 Å². The molecule has 1 aromatic heterocycles. The molecule has 240 valence electrons. The third kappa shape index (κ3) is 6.68. The largest absolute Gasteiger partial charge is 0.480 e. The lowest BCUT2D eigenvalue weighted by atomic mass is 10.1. The second kappa shape index (κ2) is 13.1. The number of aliphatic hydroxyl groups excluding tert-OH is 1.